The molecule has 0 saturated heterocycles. The van der Waals surface area contributed by atoms with Crippen molar-refractivity contribution in [1.29, 1.82) is 0 Å². The summed E-state index contributed by atoms with van der Waals surface area (Å²) in [5.74, 6) is -0.635. The molecule has 0 radical (unpaired) electrons. The van der Waals surface area contributed by atoms with Crippen LogP contribution in [0.2, 0.25) is 0 Å². The van der Waals surface area contributed by atoms with Crippen molar-refractivity contribution in [2.24, 2.45) is 0 Å². The van der Waals surface area contributed by atoms with Crippen molar-refractivity contribution in [3.05, 3.63) is 28.5 Å². The predicted molar refractivity (Wildman–Crippen MR) is 59.2 cm³/mol. The number of carbonyl (C=O) groups is 1. The summed E-state index contributed by atoms with van der Waals surface area (Å²) in [6, 6.07) is 1.75. The minimum atomic E-state index is -1.06. The highest BCUT2D eigenvalue weighted by atomic mass is 79.9. The van der Waals surface area contributed by atoms with Gasteiger partial charge in [-0.25, -0.2) is 4.79 Å². The van der Waals surface area contributed by atoms with Gasteiger partial charge in [0.15, 0.2) is 0 Å². The van der Waals surface area contributed by atoms with Crippen LogP contribution in [0.5, 0.6) is 0 Å². The Balaban J connectivity index is 2.10. The van der Waals surface area contributed by atoms with E-state index in [0.717, 1.165) is 12.8 Å². The van der Waals surface area contributed by atoms with Crippen LogP contribution in [0.15, 0.2) is 27.1 Å². The lowest BCUT2D eigenvalue weighted by Gasteiger charge is -2.10. The van der Waals surface area contributed by atoms with Crippen LogP contribution in [0, 0.1) is 0 Å². The summed E-state index contributed by atoms with van der Waals surface area (Å²) in [5.41, 5.74) is 0. The highest BCUT2D eigenvalue weighted by molar-refractivity contribution is 9.10. The average molecular weight is 272 g/mol. The zero-order valence-electron chi connectivity index (χ0n) is 7.87. The monoisotopic (exact) mass is 271 g/mol. The van der Waals surface area contributed by atoms with Crippen molar-refractivity contribution < 1.29 is 14.3 Å². The number of rotatable bonds is 3. The molecule has 2 rings (SSSR count). The first kappa shape index (κ1) is 10.3. The first-order valence-electron chi connectivity index (χ1n) is 4.61. The fraction of sp³-hybridized carbons (Fsp3) is 0.300. The Kier molecular flexibility index (Phi) is 2.81. The molecule has 0 atom stereocenters. The predicted octanol–water partition coefficient (Wildman–Crippen LogP) is 2.87. The topological polar surface area (TPSA) is 62.5 Å². The lowest BCUT2D eigenvalue weighted by Crippen LogP contribution is -2.14. The molecule has 0 aromatic carbocycles. The molecular formula is C10H10BrNO3. The van der Waals surface area contributed by atoms with Gasteiger partial charge in [0.1, 0.15) is 0 Å². The van der Waals surface area contributed by atoms with Gasteiger partial charge in [-0.2, -0.15) is 0 Å². The highest BCUT2D eigenvalue weighted by Gasteiger charge is 2.17. The fourth-order valence-electron chi connectivity index (χ4n) is 1.49. The van der Waals surface area contributed by atoms with E-state index in [2.05, 4.69) is 33.4 Å². The largest absolute Gasteiger partial charge is 0.475 e. The Hall–Kier alpha value is -1.23. The van der Waals surface area contributed by atoms with Crippen LogP contribution >= 0.6 is 15.9 Å². The van der Waals surface area contributed by atoms with Crippen LogP contribution < -0.4 is 5.32 Å². The maximum absolute atomic E-state index is 10.6. The van der Waals surface area contributed by atoms with Gasteiger partial charge in [0.25, 0.3) is 0 Å². The molecule has 1 heterocycles. The number of nitrogens with one attached hydrogen (secondary N) is 1. The molecule has 0 aliphatic heterocycles. The van der Waals surface area contributed by atoms with Gasteiger partial charge >= 0.3 is 5.97 Å². The molecule has 4 nitrogen and oxygen atoms in total. The van der Waals surface area contributed by atoms with Crippen molar-refractivity contribution in [2.45, 2.75) is 18.9 Å². The van der Waals surface area contributed by atoms with E-state index in [1.165, 1.54) is 6.07 Å². The minimum absolute atomic E-state index is 0.0599. The SMILES string of the molecule is O=C(O)c1cc(Br)c(NC2CC=CC2)o1. The fourth-order valence-corrected chi connectivity index (χ4v) is 1.90. The van der Waals surface area contributed by atoms with Gasteiger partial charge in [0.05, 0.1) is 4.47 Å². The van der Waals surface area contributed by atoms with E-state index in [0.29, 0.717) is 16.4 Å². The number of hydrogen-bond donors (Lipinski definition) is 2. The first-order chi connectivity index (χ1) is 7.16. The van der Waals surface area contributed by atoms with Crippen LogP contribution in [0.1, 0.15) is 23.4 Å². The summed E-state index contributed by atoms with van der Waals surface area (Å²) in [6.07, 6.45) is 6.06. The van der Waals surface area contributed by atoms with E-state index >= 15 is 0 Å². The molecule has 0 amide bonds. The van der Waals surface area contributed by atoms with Crippen molar-refractivity contribution in [2.75, 3.05) is 5.32 Å². The number of furan rings is 1. The summed E-state index contributed by atoms with van der Waals surface area (Å²) >= 11 is 3.25. The quantitative estimate of drug-likeness (QED) is 0.830. The van der Waals surface area contributed by atoms with Crippen molar-refractivity contribution in [3.8, 4) is 0 Å². The Labute approximate surface area is 95.1 Å². The second kappa shape index (κ2) is 4.10. The van der Waals surface area contributed by atoms with Gasteiger partial charge in [-0.05, 0) is 28.8 Å². The summed E-state index contributed by atoms with van der Waals surface area (Å²) < 4.78 is 5.80. The van der Waals surface area contributed by atoms with Gasteiger partial charge in [-0.15, -0.1) is 0 Å². The third-order valence-corrected chi connectivity index (χ3v) is 2.83. The smallest absolute Gasteiger partial charge is 0.371 e. The van der Waals surface area contributed by atoms with Crippen LogP contribution in [-0.4, -0.2) is 17.1 Å². The lowest BCUT2D eigenvalue weighted by atomic mass is 10.2. The molecule has 0 bridgehead atoms. The van der Waals surface area contributed by atoms with Gasteiger partial charge in [0.2, 0.25) is 11.6 Å². The maximum atomic E-state index is 10.6. The van der Waals surface area contributed by atoms with Crippen LogP contribution in [-0.2, 0) is 0 Å². The van der Waals surface area contributed by atoms with Crippen molar-refractivity contribution >= 4 is 27.8 Å². The summed E-state index contributed by atoms with van der Waals surface area (Å²) in [5, 5.41) is 11.9. The van der Waals surface area contributed by atoms with E-state index in [4.69, 9.17) is 9.52 Å². The second-order valence-corrected chi connectivity index (χ2v) is 4.23. The molecule has 15 heavy (non-hydrogen) atoms. The summed E-state index contributed by atoms with van der Waals surface area (Å²) in [6.45, 7) is 0. The Bertz CT molecular complexity index is 403. The van der Waals surface area contributed by atoms with Gasteiger partial charge in [0, 0.05) is 12.1 Å². The Morgan fingerprint density at radius 2 is 2.20 bits per heavy atom. The number of carboxylic acids is 1. The third-order valence-electron chi connectivity index (χ3n) is 2.24. The van der Waals surface area contributed by atoms with Crippen LogP contribution in [0.3, 0.4) is 0 Å². The second-order valence-electron chi connectivity index (χ2n) is 3.38. The number of aromatic carboxylic acids is 1. The molecule has 80 valence electrons. The molecule has 2 N–H and O–H groups in total. The van der Waals surface area contributed by atoms with Gasteiger partial charge in [-0.3, -0.25) is 0 Å². The van der Waals surface area contributed by atoms with Crippen LogP contribution in [0.25, 0.3) is 0 Å². The van der Waals surface area contributed by atoms with E-state index in [1.54, 1.807) is 0 Å². The lowest BCUT2D eigenvalue weighted by molar-refractivity contribution is 0.0663. The molecule has 5 heteroatoms. The van der Waals surface area contributed by atoms with Crippen molar-refractivity contribution in [1.82, 2.24) is 0 Å². The maximum Gasteiger partial charge on any atom is 0.371 e. The van der Waals surface area contributed by atoms with E-state index in [-0.39, 0.29) is 5.76 Å². The zero-order chi connectivity index (χ0) is 10.8. The Morgan fingerprint density at radius 3 is 2.73 bits per heavy atom. The van der Waals surface area contributed by atoms with Gasteiger partial charge in [-0.1, -0.05) is 12.2 Å². The minimum Gasteiger partial charge on any atom is -0.475 e. The van der Waals surface area contributed by atoms with E-state index in [1.807, 2.05) is 0 Å². The number of hydrogen-bond acceptors (Lipinski definition) is 3. The molecule has 0 spiro atoms. The zero-order valence-corrected chi connectivity index (χ0v) is 9.45. The highest BCUT2D eigenvalue weighted by Crippen LogP contribution is 2.29. The normalized spacial score (nSPS) is 15.8. The molecule has 1 aromatic rings. The summed E-state index contributed by atoms with van der Waals surface area (Å²) in [4.78, 5) is 10.6. The van der Waals surface area contributed by atoms with Crippen LogP contribution in [0.4, 0.5) is 5.88 Å². The van der Waals surface area contributed by atoms with Gasteiger partial charge < -0.3 is 14.8 Å². The Morgan fingerprint density at radius 1 is 1.53 bits per heavy atom. The number of carboxylic acid groups (broad SMARTS) is 1. The standard InChI is InChI=1S/C10H10BrNO3/c11-7-5-8(10(13)14)15-9(7)12-6-3-1-2-4-6/h1-2,5-6,12H,3-4H2,(H,13,14). The summed E-state index contributed by atoms with van der Waals surface area (Å²) in [7, 11) is 0. The first-order valence-corrected chi connectivity index (χ1v) is 5.40. The molecule has 0 unspecified atom stereocenters. The van der Waals surface area contributed by atoms with E-state index in [9.17, 15) is 4.79 Å². The molecule has 1 aromatic heterocycles. The molecular weight excluding hydrogens is 262 g/mol. The van der Waals surface area contributed by atoms with E-state index < -0.39 is 5.97 Å². The van der Waals surface area contributed by atoms with Crippen molar-refractivity contribution in [3.63, 3.8) is 0 Å². The molecule has 0 fully saturated rings. The number of anilines is 1. The average Bonchev–Trinajstić information content (AvgIpc) is 2.77. The molecule has 0 saturated carbocycles. The third kappa shape index (κ3) is 2.23. The number of halogens is 1. The molecule has 1 aliphatic carbocycles. The molecule has 1 aliphatic rings.